The third kappa shape index (κ3) is 4.01. The van der Waals surface area contributed by atoms with Gasteiger partial charge in [-0.1, -0.05) is 30.3 Å². The minimum Gasteiger partial charge on any atom is -0.349 e. The molecular formula is C21H20N6O2. The summed E-state index contributed by atoms with van der Waals surface area (Å²) in [6.07, 6.45) is 1.76. The van der Waals surface area contributed by atoms with Crippen LogP contribution in [0.1, 0.15) is 17.4 Å². The number of hydrogen-bond donors (Lipinski definition) is 2. The Bertz CT molecular complexity index is 1160. The number of hydrogen-bond acceptors (Lipinski definition) is 4. The molecule has 0 aliphatic carbocycles. The Hall–Kier alpha value is -3.94. The Morgan fingerprint density at radius 2 is 1.79 bits per heavy atom. The molecule has 4 rings (SSSR count). The highest BCUT2D eigenvalue weighted by atomic mass is 16.2. The van der Waals surface area contributed by atoms with E-state index in [-0.39, 0.29) is 17.5 Å². The van der Waals surface area contributed by atoms with E-state index in [0.717, 1.165) is 16.7 Å². The van der Waals surface area contributed by atoms with Crippen LogP contribution in [0.15, 0.2) is 67.0 Å². The van der Waals surface area contributed by atoms with Crippen LogP contribution in [0.25, 0.3) is 16.7 Å². The zero-order chi connectivity index (χ0) is 20.2. The fraction of sp³-hybridized carbons (Fsp3) is 0.143. The molecule has 0 spiro atoms. The normalized spacial score (nSPS) is 10.8. The Morgan fingerprint density at radius 1 is 1.03 bits per heavy atom. The molecule has 8 nitrogen and oxygen atoms in total. The van der Waals surface area contributed by atoms with E-state index in [0.29, 0.717) is 18.9 Å². The monoisotopic (exact) mass is 388 g/mol. The molecule has 29 heavy (non-hydrogen) atoms. The molecule has 0 saturated carbocycles. The second-order valence-corrected chi connectivity index (χ2v) is 6.53. The van der Waals surface area contributed by atoms with Gasteiger partial charge in [-0.15, -0.1) is 0 Å². The van der Waals surface area contributed by atoms with Crippen molar-refractivity contribution in [2.45, 2.75) is 13.5 Å². The number of carbonyl (C=O) groups is 2. The topological polar surface area (TPSA) is 93.8 Å². The van der Waals surface area contributed by atoms with Crippen LogP contribution >= 0.6 is 0 Å². The first-order chi connectivity index (χ1) is 14.1. The van der Waals surface area contributed by atoms with Gasteiger partial charge in [-0.2, -0.15) is 5.10 Å². The van der Waals surface area contributed by atoms with Crippen LogP contribution in [0.5, 0.6) is 0 Å². The first-order valence-corrected chi connectivity index (χ1v) is 9.23. The molecule has 146 valence electrons. The lowest BCUT2D eigenvalue weighted by molar-refractivity contribution is -0.114. The molecule has 2 amide bonds. The second kappa shape index (κ2) is 7.97. The smallest absolute Gasteiger partial charge is 0.271 e. The highest BCUT2D eigenvalue weighted by molar-refractivity contribution is 5.95. The van der Waals surface area contributed by atoms with Gasteiger partial charge in [0.15, 0.2) is 5.69 Å². The van der Waals surface area contributed by atoms with Gasteiger partial charge in [-0.05, 0) is 24.3 Å². The number of nitrogens with zero attached hydrogens (tertiary/aromatic N) is 4. The second-order valence-electron chi connectivity index (χ2n) is 6.53. The van der Waals surface area contributed by atoms with Gasteiger partial charge >= 0.3 is 0 Å². The quantitative estimate of drug-likeness (QED) is 0.531. The number of rotatable bonds is 6. The number of anilines is 1. The van der Waals surface area contributed by atoms with Crippen molar-refractivity contribution >= 4 is 28.7 Å². The number of imidazole rings is 1. The average molecular weight is 388 g/mol. The first-order valence-electron chi connectivity index (χ1n) is 9.23. The molecule has 2 aromatic heterocycles. The van der Waals surface area contributed by atoms with E-state index in [1.807, 2.05) is 59.2 Å². The minimum atomic E-state index is -0.310. The maximum Gasteiger partial charge on any atom is 0.271 e. The van der Waals surface area contributed by atoms with E-state index in [4.69, 9.17) is 0 Å². The van der Waals surface area contributed by atoms with Crippen molar-refractivity contribution < 1.29 is 9.59 Å². The molecule has 0 bridgehead atoms. The van der Waals surface area contributed by atoms with Crippen LogP contribution in [-0.2, 0) is 11.3 Å². The standard InChI is InChI=1S/C21H20N6O2/c1-15(28)24-20-13-18(25-27(20)16-7-3-2-4-8-16)21(29)22-11-12-26-14-23-17-9-5-6-10-19(17)26/h2-10,13-14H,11-12H2,1H3,(H,22,29)(H,24,28). The minimum absolute atomic E-state index is 0.230. The summed E-state index contributed by atoms with van der Waals surface area (Å²) in [5.74, 6) is -0.105. The predicted molar refractivity (Wildman–Crippen MR) is 110 cm³/mol. The lowest BCUT2D eigenvalue weighted by Crippen LogP contribution is -2.27. The molecule has 4 aromatic rings. The van der Waals surface area contributed by atoms with Gasteiger partial charge in [0.2, 0.25) is 5.91 Å². The molecular weight excluding hydrogens is 368 g/mol. The summed E-state index contributed by atoms with van der Waals surface area (Å²) in [4.78, 5) is 28.5. The van der Waals surface area contributed by atoms with Crippen molar-refractivity contribution in [2.24, 2.45) is 0 Å². The van der Waals surface area contributed by atoms with Gasteiger partial charge in [0.05, 0.1) is 23.0 Å². The van der Waals surface area contributed by atoms with Gasteiger partial charge in [0, 0.05) is 26.1 Å². The molecule has 0 aliphatic rings. The summed E-state index contributed by atoms with van der Waals surface area (Å²) >= 11 is 0. The maximum atomic E-state index is 12.6. The van der Waals surface area contributed by atoms with Crippen molar-refractivity contribution in [1.29, 1.82) is 0 Å². The van der Waals surface area contributed by atoms with E-state index in [1.165, 1.54) is 6.92 Å². The molecule has 0 fully saturated rings. The zero-order valence-corrected chi connectivity index (χ0v) is 15.9. The van der Waals surface area contributed by atoms with Gasteiger partial charge < -0.3 is 15.2 Å². The lowest BCUT2D eigenvalue weighted by atomic mass is 10.3. The summed E-state index contributed by atoms with van der Waals surface area (Å²) in [7, 11) is 0. The van der Waals surface area contributed by atoms with Crippen molar-refractivity contribution in [2.75, 3.05) is 11.9 Å². The van der Waals surface area contributed by atoms with Gasteiger partial charge in [0.25, 0.3) is 5.91 Å². The molecule has 0 unspecified atom stereocenters. The molecule has 0 atom stereocenters. The van der Waals surface area contributed by atoms with Gasteiger partial charge in [0.1, 0.15) is 5.82 Å². The summed E-state index contributed by atoms with van der Waals surface area (Å²) < 4.78 is 3.53. The largest absolute Gasteiger partial charge is 0.349 e. The molecule has 2 heterocycles. The fourth-order valence-corrected chi connectivity index (χ4v) is 3.10. The molecule has 2 aromatic carbocycles. The SMILES string of the molecule is CC(=O)Nc1cc(C(=O)NCCn2cnc3ccccc32)nn1-c1ccccc1. The summed E-state index contributed by atoms with van der Waals surface area (Å²) in [6, 6.07) is 18.7. The summed E-state index contributed by atoms with van der Waals surface area (Å²) in [5.41, 5.74) is 2.91. The zero-order valence-electron chi connectivity index (χ0n) is 15.9. The van der Waals surface area contributed by atoms with E-state index >= 15 is 0 Å². The Kier molecular flexibility index (Phi) is 5.07. The van der Waals surface area contributed by atoms with Crippen LogP contribution in [0.3, 0.4) is 0 Å². The summed E-state index contributed by atoms with van der Waals surface area (Å²) in [6.45, 7) is 2.43. The van der Waals surface area contributed by atoms with Gasteiger partial charge in [-0.25, -0.2) is 9.67 Å². The van der Waals surface area contributed by atoms with Crippen LogP contribution in [0.2, 0.25) is 0 Å². The number of nitrogens with one attached hydrogen (secondary N) is 2. The van der Waals surface area contributed by atoms with E-state index < -0.39 is 0 Å². The molecule has 2 N–H and O–H groups in total. The van der Waals surface area contributed by atoms with E-state index in [9.17, 15) is 9.59 Å². The van der Waals surface area contributed by atoms with Crippen LogP contribution in [0, 0.1) is 0 Å². The molecule has 0 radical (unpaired) electrons. The van der Waals surface area contributed by atoms with Crippen molar-refractivity contribution in [1.82, 2.24) is 24.6 Å². The van der Waals surface area contributed by atoms with Crippen molar-refractivity contribution in [3.05, 3.63) is 72.7 Å². The Labute approximate surface area is 167 Å². The van der Waals surface area contributed by atoms with Crippen LogP contribution in [-0.4, -0.2) is 37.7 Å². The highest BCUT2D eigenvalue weighted by Gasteiger charge is 2.16. The summed E-state index contributed by atoms with van der Waals surface area (Å²) in [5, 5.41) is 9.96. The van der Waals surface area contributed by atoms with Crippen LogP contribution < -0.4 is 10.6 Å². The number of aromatic nitrogens is 4. The average Bonchev–Trinajstić information content (AvgIpc) is 3.33. The number of amides is 2. The Morgan fingerprint density at radius 3 is 2.59 bits per heavy atom. The third-order valence-corrected chi connectivity index (χ3v) is 4.41. The van der Waals surface area contributed by atoms with Crippen LogP contribution in [0.4, 0.5) is 5.82 Å². The number of benzene rings is 2. The Balaban J connectivity index is 1.48. The predicted octanol–water partition coefficient (Wildman–Crippen LogP) is 2.61. The van der Waals surface area contributed by atoms with E-state index in [1.54, 1.807) is 17.1 Å². The first kappa shape index (κ1) is 18.4. The maximum absolute atomic E-state index is 12.6. The lowest BCUT2D eigenvalue weighted by Gasteiger charge is -2.07. The van der Waals surface area contributed by atoms with Gasteiger partial charge in [-0.3, -0.25) is 9.59 Å². The number of fused-ring (bicyclic) bond motifs is 1. The van der Waals surface area contributed by atoms with Crippen molar-refractivity contribution in [3.8, 4) is 5.69 Å². The third-order valence-electron chi connectivity index (χ3n) is 4.41. The van der Waals surface area contributed by atoms with E-state index in [2.05, 4.69) is 20.7 Å². The molecule has 0 aliphatic heterocycles. The molecule has 8 heteroatoms. The highest BCUT2D eigenvalue weighted by Crippen LogP contribution is 2.17. The number of carbonyl (C=O) groups excluding carboxylic acids is 2. The fourth-order valence-electron chi connectivity index (χ4n) is 3.10. The van der Waals surface area contributed by atoms with Crippen molar-refractivity contribution in [3.63, 3.8) is 0 Å². The molecule has 0 saturated heterocycles. The number of para-hydroxylation sites is 3.